The number of hydrogen-bond donors (Lipinski definition) is 2. The van der Waals surface area contributed by atoms with Gasteiger partial charge in [0.05, 0.1) is 6.04 Å². The van der Waals surface area contributed by atoms with Gasteiger partial charge < -0.3 is 10.4 Å². The molecule has 4 aromatic rings. The topological polar surface area (TPSA) is 62.2 Å². The second kappa shape index (κ2) is 8.97. The summed E-state index contributed by atoms with van der Waals surface area (Å²) in [6.07, 6.45) is 2.60. The van der Waals surface area contributed by atoms with E-state index in [-0.39, 0.29) is 11.7 Å². The Bertz CT molecular complexity index is 1180. The first kappa shape index (κ1) is 19.9. The van der Waals surface area contributed by atoms with Crippen LogP contribution in [0.2, 0.25) is 5.02 Å². The highest BCUT2D eigenvalue weighted by atomic mass is 35.5. The zero-order chi connectivity index (χ0) is 20.9. The van der Waals surface area contributed by atoms with Gasteiger partial charge in [-0.05, 0) is 29.7 Å². The minimum Gasteiger partial charge on any atom is -0.505 e. The van der Waals surface area contributed by atoms with Crippen LogP contribution in [0.25, 0.3) is 10.9 Å². The van der Waals surface area contributed by atoms with E-state index in [1.807, 2.05) is 72.8 Å². The first-order valence-electron chi connectivity index (χ1n) is 9.78. The number of phenols is 1. The van der Waals surface area contributed by atoms with E-state index in [0.717, 1.165) is 16.5 Å². The molecule has 1 amide bonds. The Morgan fingerprint density at radius 2 is 1.70 bits per heavy atom. The molecule has 0 aliphatic heterocycles. The van der Waals surface area contributed by atoms with Crippen molar-refractivity contribution in [1.82, 2.24) is 10.3 Å². The third kappa shape index (κ3) is 4.29. The molecule has 0 aliphatic carbocycles. The smallest absolute Gasteiger partial charge is 0.221 e. The summed E-state index contributed by atoms with van der Waals surface area (Å²) >= 11 is 6.45. The predicted octanol–water partition coefficient (Wildman–Crippen LogP) is 5.43. The molecular weight excluding hydrogens is 396 g/mol. The molecule has 30 heavy (non-hydrogen) atoms. The molecule has 4 nitrogen and oxygen atoms in total. The number of nitrogens with zero attached hydrogens (tertiary/aromatic N) is 1. The van der Waals surface area contributed by atoms with Crippen LogP contribution in [0.4, 0.5) is 0 Å². The van der Waals surface area contributed by atoms with Crippen LogP contribution in [-0.2, 0) is 11.2 Å². The van der Waals surface area contributed by atoms with Gasteiger partial charge in [0.15, 0.2) is 0 Å². The van der Waals surface area contributed by atoms with Crippen LogP contribution in [0, 0.1) is 0 Å². The van der Waals surface area contributed by atoms with Gasteiger partial charge in [-0.25, -0.2) is 0 Å². The molecule has 3 aromatic carbocycles. The van der Waals surface area contributed by atoms with E-state index in [9.17, 15) is 9.90 Å². The molecule has 0 spiro atoms. The summed E-state index contributed by atoms with van der Waals surface area (Å²) in [4.78, 5) is 17.1. The molecule has 150 valence electrons. The molecule has 1 unspecified atom stereocenters. The monoisotopic (exact) mass is 416 g/mol. The van der Waals surface area contributed by atoms with Gasteiger partial charge in [-0.1, -0.05) is 78.3 Å². The Morgan fingerprint density at radius 1 is 0.933 bits per heavy atom. The lowest BCUT2D eigenvalue weighted by Gasteiger charge is -2.22. The Balaban J connectivity index is 1.66. The third-order valence-corrected chi connectivity index (χ3v) is 5.44. The Labute approximate surface area is 180 Å². The van der Waals surface area contributed by atoms with Gasteiger partial charge in [-0.15, -0.1) is 0 Å². The molecule has 0 radical (unpaired) electrons. The number of amides is 1. The molecule has 2 N–H and O–H groups in total. The van der Waals surface area contributed by atoms with Crippen molar-refractivity contribution in [3.05, 3.63) is 107 Å². The van der Waals surface area contributed by atoms with E-state index in [1.54, 1.807) is 12.3 Å². The average Bonchev–Trinajstić information content (AvgIpc) is 2.78. The van der Waals surface area contributed by atoms with Crippen molar-refractivity contribution >= 4 is 28.4 Å². The first-order chi connectivity index (χ1) is 14.6. The number of carbonyl (C=O) groups excluding carboxylic acids is 1. The third-order valence-electron chi connectivity index (χ3n) is 5.10. The summed E-state index contributed by atoms with van der Waals surface area (Å²) in [5.41, 5.74) is 2.87. The number of nitrogens with one attached hydrogen (secondary N) is 1. The zero-order valence-corrected chi connectivity index (χ0v) is 17.0. The van der Waals surface area contributed by atoms with Crippen LogP contribution in [-0.4, -0.2) is 16.0 Å². The quantitative estimate of drug-likeness (QED) is 0.440. The molecule has 0 bridgehead atoms. The van der Waals surface area contributed by atoms with Gasteiger partial charge in [0, 0.05) is 28.6 Å². The number of carbonyl (C=O) groups is 1. The molecular formula is C25H21ClN2O2. The van der Waals surface area contributed by atoms with Crippen LogP contribution >= 0.6 is 11.6 Å². The number of hydrogen-bond acceptors (Lipinski definition) is 3. The molecule has 0 aliphatic rings. The number of benzene rings is 3. The molecule has 0 saturated heterocycles. The van der Waals surface area contributed by atoms with Gasteiger partial charge in [-0.2, -0.15) is 0 Å². The van der Waals surface area contributed by atoms with Crippen molar-refractivity contribution in [2.24, 2.45) is 0 Å². The minimum atomic E-state index is -0.589. The summed E-state index contributed by atoms with van der Waals surface area (Å²) in [6, 6.07) is 24.0. The maximum Gasteiger partial charge on any atom is 0.221 e. The zero-order valence-electron chi connectivity index (χ0n) is 16.3. The number of phenolic OH excluding ortho intramolecular Hbond substituents is 1. The van der Waals surface area contributed by atoms with Crippen LogP contribution in [0.3, 0.4) is 0 Å². The summed E-state index contributed by atoms with van der Waals surface area (Å²) in [5.74, 6) is -0.0781. The van der Waals surface area contributed by atoms with E-state index in [2.05, 4.69) is 10.3 Å². The summed E-state index contributed by atoms with van der Waals surface area (Å²) < 4.78 is 0. The molecule has 0 saturated carbocycles. The SMILES string of the molecule is O=C(CCc1ccccc1)NC(c1ccccc1Cl)c1ccc2cccnc2c1O. The standard InChI is InChI=1S/C25H21ClN2O2/c26-21-11-5-4-10-19(21)24(28-22(29)15-12-17-7-2-1-3-8-17)20-14-13-18-9-6-16-27-23(18)25(20)30/h1-11,13-14,16,24,30H,12,15H2,(H,28,29). The van der Waals surface area contributed by atoms with E-state index >= 15 is 0 Å². The Kier molecular flexibility index (Phi) is 5.96. The van der Waals surface area contributed by atoms with Crippen molar-refractivity contribution in [1.29, 1.82) is 0 Å². The van der Waals surface area contributed by atoms with E-state index in [0.29, 0.717) is 28.9 Å². The maximum absolute atomic E-state index is 12.8. The van der Waals surface area contributed by atoms with Crippen LogP contribution in [0.1, 0.15) is 29.2 Å². The highest BCUT2D eigenvalue weighted by molar-refractivity contribution is 6.31. The van der Waals surface area contributed by atoms with Gasteiger partial charge >= 0.3 is 0 Å². The minimum absolute atomic E-state index is 0.0429. The maximum atomic E-state index is 12.8. The van der Waals surface area contributed by atoms with Crippen LogP contribution in [0.15, 0.2) is 85.1 Å². The lowest BCUT2D eigenvalue weighted by atomic mass is 9.96. The second-order valence-corrected chi connectivity index (χ2v) is 7.49. The Hall–Kier alpha value is -3.37. The fourth-order valence-electron chi connectivity index (χ4n) is 3.55. The average molecular weight is 417 g/mol. The fraction of sp³-hybridized carbons (Fsp3) is 0.120. The first-order valence-corrected chi connectivity index (χ1v) is 10.2. The van der Waals surface area contributed by atoms with E-state index in [1.165, 1.54) is 0 Å². The van der Waals surface area contributed by atoms with Gasteiger partial charge in [0.2, 0.25) is 5.91 Å². The highest BCUT2D eigenvalue weighted by Crippen LogP contribution is 2.36. The Morgan fingerprint density at radius 3 is 2.50 bits per heavy atom. The molecule has 5 heteroatoms. The summed E-state index contributed by atoms with van der Waals surface area (Å²) in [7, 11) is 0. The van der Waals surface area contributed by atoms with Crippen LogP contribution in [0.5, 0.6) is 5.75 Å². The van der Waals surface area contributed by atoms with E-state index < -0.39 is 6.04 Å². The largest absolute Gasteiger partial charge is 0.505 e. The van der Waals surface area contributed by atoms with Crippen molar-refractivity contribution in [3.8, 4) is 5.75 Å². The predicted molar refractivity (Wildman–Crippen MR) is 120 cm³/mol. The molecule has 1 aromatic heterocycles. The number of fused-ring (bicyclic) bond motifs is 1. The molecule has 0 fully saturated rings. The fourth-order valence-corrected chi connectivity index (χ4v) is 3.79. The number of aromatic hydroxyl groups is 1. The number of halogens is 1. The van der Waals surface area contributed by atoms with Crippen molar-refractivity contribution in [2.45, 2.75) is 18.9 Å². The number of aromatic nitrogens is 1. The lowest BCUT2D eigenvalue weighted by molar-refractivity contribution is -0.121. The highest BCUT2D eigenvalue weighted by Gasteiger charge is 2.23. The number of aryl methyl sites for hydroxylation is 1. The second-order valence-electron chi connectivity index (χ2n) is 7.09. The molecule has 4 rings (SSSR count). The normalized spacial score (nSPS) is 11.9. The summed E-state index contributed by atoms with van der Waals surface area (Å²) in [6.45, 7) is 0. The van der Waals surface area contributed by atoms with Crippen LogP contribution < -0.4 is 5.32 Å². The van der Waals surface area contributed by atoms with Crippen molar-refractivity contribution in [3.63, 3.8) is 0 Å². The molecule has 1 heterocycles. The van der Waals surface area contributed by atoms with Gasteiger partial charge in [-0.3, -0.25) is 9.78 Å². The molecule has 1 atom stereocenters. The van der Waals surface area contributed by atoms with Crippen molar-refractivity contribution < 1.29 is 9.90 Å². The lowest BCUT2D eigenvalue weighted by Crippen LogP contribution is -2.29. The van der Waals surface area contributed by atoms with Gasteiger partial charge in [0.25, 0.3) is 0 Å². The van der Waals surface area contributed by atoms with Gasteiger partial charge in [0.1, 0.15) is 11.3 Å². The van der Waals surface area contributed by atoms with E-state index in [4.69, 9.17) is 11.6 Å². The number of rotatable bonds is 6. The van der Waals surface area contributed by atoms with Crippen molar-refractivity contribution in [2.75, 3.05) is 0 Å². The summed E-state index contributed by atoms with van der Waals surface area (Å²) in [5, 5.41) is 15.3. The number of pyridine rings is 1.